The van der Waals surface area contributed by atoms with Crippen LogP contribution in [0, 0.1) is 6.92 Å². The lowest BCUT2D eigenvalue weighted by atomic mass is 10.2. The minimum atomic E-state index is 0.729. The number of hydrogen-bond acceptors (Lipinski definition) is 2. The Morgan fingerprint density at radius 3 is 2.85 bits per heavy atom. The largest absolute Gasteiger partial charge is 0.457 e. The molecule has 0 saturated heterocycles. The first-order valence-electron chi connectivity index (χ1n) is 6.97. The molecule has 2 nitrogen and oxygen atoms in total. The Balaban J connectivity index is 1.72. The number of hydrogen-bond donors (Lipinski definition) is 1. The van der Waals surface area contributed by atoms with Crippen molar-refractivity contribution in [2.75, 3.05) is 0 Å². The molecule has 3 heteroatoms. The molecule has 0 aromatic heterocycles. The second-order valence-corrected chi connectivity index (χ2v) is 6.23. The molecule has 1 fully saturated rings. The maximum atomic E-state index is 6.00. The van der Waals surface area contributed by atoms with Crippen LogP contribution in [0.1, 0.15) is 24.0 Å². The SMILES string of the molecule is Cc1ccc(Br)cc1Oc1cccc(CNC2CC2)c1. The zero-order chi connectivity index (χ0) is 13.9. The van der Waals surface area contributed by atoms with E-state index in [4.69, 9.17) is 4.74 Å². The highest BCUT2D eigenvalue weighted by atomic mass is 79.9. The van der Waals surface area contributed by atoms with Gasteiger partial charge in [-0.3, -0.25) is 0 Å². The molecule has 0 amide bonds. The molecule has 0 unspecified atom stereocenters. The van der Waals surface area contributed by atoms with Crippen LogP contribution in [-0.2, 0) is 6.54 Å². The summed E-state index contributed by atoms with van der Waals surface area (Å²) < 4.78 is 7.03. The van der Waals surface area contributed by atoms with Gasteiger partial charge in [0, 0.05) is 17.1 Å². The third kappa shape index (κ3) is 3.62. The van der Waals surface area contributed by atoms with Gasteiger partial charge in [-0.25, -0.2) is 0 Å². The Labute approximate surface area is 128 Å². The highest BCUT2D eigenvalue weighted by molar-refractivity contribution is 9.10. The molecule has 0 bridgehead atoms. The van der Waals surface area contributed by atoms with Gasteiger partial charge in [-0.2, -0.15) is 0 Å². The van der Waals surface area contributed by atoms with E-state index < -0.39 is 0 Å². The number of nitrogens with one attached hydrogen (secondary N) is 1. The Bertz CT molecular complexity index is 608. The number of ether oxygens (including phenoxy) is 1. The highest BCUT2D eigenvalue weighted by Crippen LogP contribution is 2.28. The van der Waals surface area contributed by atoms with Gasteiger partial charge in [-0.05, 0) is 55.2 Å². The molecule has 3 rings (SSSR count). The van der Waals surface area contributed by atoms with E-state index in [1.165, 1.54) is 18.4 Å². The Hall–Kier alpha value is -1.32. The van der Waals surface area contributed by atoms with E-state index in [0.29, 0.717) is 0 Å². The molecule has 1 aliphatic carbocycles. The van der Waals surface area contributed by atoms with Crippen molar-refractivity contribution < 1.29 is 4.74 Å². The maximum absolute atomic E-state index is 6.00. The molecular weight excluding hydrogens is 314 g/mol. The lowest BCUT2D eigenvalue weighted by Crippen LogP contribution is -2.15. The fraction of sp³-hybridized carbons (Fsp3) is 0.294. The molecule has 0 aliphatic heterocycles. The standard InChI is InChI=1S/C17H18BrNO/c1-12-5-6-14(18)10-17(12)20-16-4-2-3-13(9-16)11-19-15-7-8-15/h2-6,9-10,15,19H,7-8,11H2,1H3. The number of aryl methyl sites for hydroxylation is 1. The van der Waals surface area contributed by atoms with Crippen LogP contribution in [0.2, 0.25) is 0 Å². The monoisotopic (exact) mass is 331 g/mol. The quantitative estimate of drug-likeness (QED) is 0.849. The van der Waals surface area contributed by atoms with Gasteiger partial charge in [-0.15, -0.1) is 0 Å². The molecule has 1 aliphatic rings. The lowest BCUT2D eigenvalue weighted by molar-refractivity contribution is 0.477. The minimum Gasteiger partial charge on any atom is -0.457 e. The van der Waals surface area contributed by atoms with E-state index in [2.05, 4.69) is 46.4 Å². The average molecular weight is 332 g/mol. The van der Waals surface area contributed by atoms with Crippen LogP contribution in [-0.4, -0.2) is 6.04 Å². The van der Waals surface area contributed by atoms with E-state index in [0.717, 1.165) is 34.1 Å². The zero-order valence-electron chi connectivity index (χ0n) is 11.5. The molecule has 20 heavy (non-hydrogen) atoms. The lowest BCUT2D eigenvalue weighted by Gasteiger charge is -2.11. The fourth-order valence-corrected chi connectivity index (χ4v) is 2.42. The first kappa shape index (κ1) is 13.7. The van der Waals surface area contributed by atoms with Crippen molar-refractivity contribution in [2.24, 2.45) is 0 Å². The molecular formula is C17H18BrNO. The molecule has 0 atom stereocenters. The van der Waals surface area contributed by atoms with Crippen molar-refractivity contribution in [3.05, 3.63) is 58.1 Å². The summed E-state index contributed by atoms with van der Waals surface area (Å²) in [5.41, 5.74) is 2.40. The molecule has 104 valence electrons. The van der Waals surface area contributed by atoms with E-state index >= 15 is 0 Å². The summed E-state index contributed by atoms with van der Waals surface area (Å²) in [4.78, 5) is 0. The van der Waals surface area contributed by atoms with Crippen molar-refractivity contribution in [2.45, 2.75) is 32.4 Å². The second kappa shape index (κ2) is 5.98. The second-order valence-electron chi connectivity index (χ2n) is 5.31. The van der Waals surface area contributed by atoms with Crippen LogP contribution in [0.25, 0.3) is 0 Å². The smallest absolute Gasteiger partial charge is 0.131 e. The van der Waals surface area contributed by atoms with Gasteiger partial charge >= 0.3 is 0 Å². The van der Waals surface area contributed by atoms with Gasteiger partial charge in [0.2, 0.25) is 0 Å². The van der Waals surface area contributed by atoms with Gasteiger partial charge in [0.15, 0.2) is 0 Å². The predicted molar refractivity (Wildman–Crippen MR) is 85.3 cm³/mol. The van der Waals surface area contributed by atoms with Crippen LogP contribution in [0.5, 0.6) is 11.5 Å². The first-order chi connectivity index (χ1) is 9.70. The van der Waals surface area contributed by atoms with E-state index in [-0.39, 0.29) is 0 Å². The molecule has 0 heterocycles. The van der Waals surface area contributed by atoms with Crippen molar-refractivity contribution in [1.82, 2.24) is 5.32 Å². The van der Waals surface area contributed by atoms with E-state index in [1.807, 2.05) is 24.3 Å². The molecule has 2 aromatic rings. The van der Waals surface area contributed by atoms with Crippen LogP contribution in [0.4, 0.5) is 0 Å². The van der Waals surface area contributed by atoms with Crippen LogP contribution < -0.4 is 10.1 Å². The molecule has 0 spiro atoms. The van der Waals surface area contributed by atoms with Gasteiger partial charge in [-0.1, -0.05) is 34.1 Å². The summed E-state index contributed by atoms with van der Waals surface area (Å²) >= 11 is 3.48. The number of halogens is 1. The predicted octanol–water partition coefficient (Wildman–Crippen LogP) is 4.80. The molecule has 1 N–H and O–H groups in total. The van der Waals surface area contributed by atoms with Crippen LogP contribution in [0.15, 0.2) is 46.9 Å². The number of benzene rings is 2. The Kier molecular flexibility index (Phi) is 4.08. The summed E-state index contributed by atoms with van der Waals surface area (Å²) in [6.07, 6.45) is 2.63. The summed E-state index contributed by atoms with van der Waals surface area (Å²) in [5, 5.41) is 3.52. The van der Waals surface area contributed by atoms with Gasteiger partial charge in [0.25, 0.3) is 0 Å². The van der Waals surface area contributed by atoms with Crippen LogP contribution >= 0.6 is 15.9 Å². The van der Waals surface area contributed by atoms with Crippen molar-refractivity contribution in [3.8, 4) is 11.5 Å². The van der Waals surface area contributed by atoms with Crippen molar-refractivity contribution in [3.63, 3.8) is 0 Å². The highest BCUT2D eigenvalue weighted by Gasteiger charge is 2.19. The fourth-order valence-electron chi connectivity index (χ4n) is 2.08. The topological polar surface area (TPSA) is 21.3 Å². The normalized spacial score (nSPS) is 14.3. The Morgan fingerprint density at radius 1 is 1.20 bits per heavy atom. The van der Waals surface area contributed by atoms with Gasteiger partial charge in [0.05, 0.1) is 0 Å². The zero-order valence-corrected chi connectivity index (χ0v) is 13.1. The van der Waals surface area contributed by atoms with Gasteiger partial charge in [0.1, 0.15) is 11.5 Å². The number of rotatable bonds is 5. The van der Waals surface area contributed by atoms with E-state index in [9.17, 15) is 0 Å². The Morgan fingerprint density at radius 2 is 2.05 bits per heavy atom. The van der Waals surface area contributed by atoms with Crippen LogP contribution in [0.3, 0.4) is 0 Å². The summed E-state index contributed by atoms with van der Waals surface area (Å²) in [6, 6.07) is 15.1. The third-order valence-electron chi connectivity index (χ3n) is 3.45. The minimum absolute atomic E-state index is 0.729. The average Bonchev–Trinajstić information content (AvgIpc) is 3.25. The van der Waals surface area contributed by atoms with Crippen molar-refractivity contribution >= 4 is 15.9 Å². The summed E-state index contributed by atoms with van der Waals surface area (Å²) in [6.45, 7) is 2.97. The third-order valence-corrected chi connectivity index (χ3v) is 3.94. The van der Waals surface area contributed by atoms with Crippen molar-refractivity contribution in [1.29, 1.82) is 0 Å². The summed E-state index contributed by atoms with van der Waals surface area (Å²) in [7, 11) is 0. The first-order valence-corrected chi connectivity index (χ1v) is 7.76. The van der Waals surface area contributed by atoms with E-state index in [1.54, 1.807) is 0 Å². The maximum Gasteiger partial charge on any atom is 0.131 e. The summed E-state index contributed by atoms with van der Waals surface area (Å²) in [5.74, 6) is 1.79. The molecule has 0 radical (unpaired) electrons. The van der Waals surface area contributed by atoms with Gasteiger partial charge < -0.3 is 10.1 Å². The molecule has 2 aromatic carbocycles. The molecule has 1 saturated carbocycles.